The maximum Gasteiger partial charge on any atom is 0.241 e. The number of nitrogens with one attached hydrogen (secondary N) is 2. The Kier molecular flexibility index (Phi) is 4.54. The first-order valence-corrected chi connectivity index (χ1v) is 6.48. The summed E-state index contributed by atoms with van der Waals surface area (Å²) in [5, 5.41) is 5.69. The molecule has 2 fully saturated rings. The van der Waals surface area contributed by atoms with Gasteiger partial charge in [-0.2, -0.15) is 0 Å². The normalized spacial score (nSPS) is 28.9. The molecule has 0 radical (unpaired) electrons. The Morgan fingerprint density at radius 1 is 1.56 bits per heavy atom. The zero-order chi connectivity index (χ0) is 13.0. The topological polar surface area (TPSA) is 70.7 Å². The molecular weight excluding hydrogens is 234 g/mol. The van der Waals surface area contributed by atoms with Crippen LogP contribution >= 0.6 is 0 Å². The molecule has 0 aromatic carbocycles. The van der Waals surface area contributed by atoms with Crippen molar-refractivity contribution >= 4 is 11.8 Å². The average molecular weight is 255 g/mol. The summed E-state index contributed by atoms with van der Waals surface area (Å²) in [5.41, 5.74) is 0. The fourth-order valence-electron chi connectivity index (χ4n) is 2.60. The first kappa shape index (κ1) is 13.3. The van der Waals surface area contributed by atoms with E-state index >= 15 is 0 Å². The van der Waals surface area contributed by atoms with Gasteiger partial charge in [0.05, 0.1) is 13.2 Å². The van der Waals surface area contributed by atoms with Crippen LogP contribution in [-0.4, -0.2) is 62.7 Å². The van der Waals surface area contributed by atoms with Gasteiger partial charge in [0.2, 0.25) is 11.8 Å². The van der Waals surface area contributed by atoms with E-state index in [2.05, 4.69) is 10.6 Å². The molecule has 0 aliphatic carbocycles. The van der Waals surface area contributed by atoms with Gasteiger partial charge in [0.15, 0.2) is 0 Å². The molecule has 18 heavy (non-hydrogen) atoms. The van der Waals surface area contributed by atoms with E-state index in [1.165, 1.54) is 0 Å². The van der Waals surface area contributed by atoms with E-state index in [9.17, 15) is 9.59 Å². The van der Waals surface area contributed by atoms with Gasteiger partial charge in [-0.15, -0.1) is 0 Å². The van der Waals surface area contributed by atoms with Gasteiger partial charge in [0.25, 0.3) is 0 Å². The van der Waals surface area contributed by atoms with E-state index in [1.807, 2.05) is 4.90 Å². The number of ether oxygens (including phenoxy) is 1. The van der Waals surface area contributed by atoms with Crippen LogP contribution in [0.15, 0.2) is 0 Å². The van der Waals surface area contributed by atoms with E-state index < -0.39 is 0 Å². The Morgan fingerprint density at radius 2 is 2.39 bits per heavy atom. The summed E-state index contributed by atoms with van der Waals surface area (Å²) in [7, 11) is 1.69. The van der Waals surface area contributed by atoms with Gasteiger partial charge in [0.1, 0.15) is 6.04 Å². The molecule has 2 amide bonds. The number of carbonyl (C=O) groups is 2. The third kappa shape index (κ3) is 3.20. The largest absolute Gasteiger partial charge is 0.384 e. The Bertz CT molecular complexity index is 310. The molecule has 0 saturated carbocycles. The molecule has 2 atom stereocenters. The first-order valence-electron chi connectivity index (χ1n) is 6.48. The summed E-state index contributed by atoms with van der Waals surface area (Å²) in [5.74, 6) is 0.483. The second-order valence-electron chi connectivity index (χ2n) is 4.99. The maximum atomic E-state index is 12.3. The van der Waals surface area contributed by atoms with E-state index in [-0.39, 0.29) is 24.4 Å². The molecule has 102 valence electrons. The second kappa shape index (κ2) is 6.15. The molecule has 2 aliphatic rings. The van der Waals surface area contributed by atoms with Crippen LogP contribution in [-0.2, 0) is 14.3 Å². The van der Waals surface area contributed by atoms with Crippen molar-refractivity contribution in [1.29, 1.82) is 0 Å². The molecule has 0 aromatic rings. The minimum atomic E-state index is -0.274. The highest BCUT2D eigenvalue weighted by atomic mass is 16.5. The van der Waals surface area contributed by atoms with Gasteiger partial charge in [-0.1, -0.05) is 0 Å². The zero-order valence-corrected chi connectivity index (χ0v) is 10.8. The number of hydrogen-bond acceptors (Lipinski definition) is 4. The molecule has 0 spiro atoms. The highest BCUT2D eigenvalue weighted by Crippen LogP contribution is 2.17. The van der Waals surface area contributed by atoms with Gasteiger partial charge in [0, 0.05) is 26.7 Å². The van der Waals surface area contributed by atoms with Crippen LogP contribution in [0.1, 0.15) is 12.8 Å². The molecule has 6 heteroatoms. The van der Waals surface area contributed by atoms with Crippen LogP contribution in [0.5, 0.6) is 0 Å². The molecule has 2 heterocycles. The van der Waals surface area contributed by atoms with E-state index in [0.29, 0.717) is 19.1 Å². The lowest BCUT2D eigenvalue weighted by molar-refractivity contribution is -0.136. The lowest BCUT2D eigenvalue weighted by Gasteiger charge is -2.35. The van der Waals surface area contributed by atoms with Gasteiger partial charge >= 0.3 is 0 Å². The van der Waals surface area contributed by atoms with E-state index in [1.54, 1.807) is 7.11 Å². The summed E-state index contributed by atoms with van der Waals surface area (Å²) in [6, 6.07) is -0.274. The lowest BCUT2D eigenvalue weighted by Crippen LogP contribution is -2.59. The van der Waals surface area contributed by atoms with Crippen molar-refractivity contribution in [2.45, 2.75) is 18.9 Å². The highest BCUT2D eigenvalue weighted by molar-refractivity contribution is 5.86. The maximum absolute atomic E-state index is 12.3. The van der Waals surface area contributed by atoms with Gasteiger partial charge in [-0.3, -0.25) is 14.9 Å². The SMILES string of the molecule is COCC1CCCN(C(=O)C2CNC(=O)CN2)C1. The number of piperazine rings is 1. The van der Waals surface area contributed by atoms with Crippen LogP contribution in [0.4, 0.5) is 0 Å². The number of methoxy groups -OCH3 is 1. The Labute approximate surface area is 107 Å². The van der Waals surface area contributed by atoms with Crippen molar-refractivity contribution in [3.8, 4) is 0 Å². The summed E-state index contributed by atoms with van der Waals surface area (Å²) < 4.78 is 5.16. The highest BCUT2D eigenvalue weighted by Gasteiger charge is 2.30. The molecular formula is C12H21N3O3. The van der Waals surface area contributed by atoms with E-state index in [0.717, 1.165) is 25.9 Å². The summed E-state index contributed by atoms with van der Waals surface area (Å²) in [6.07, 6.45) is 2.14. The minimum absolute atomic E-state index is 0.0463. The quantitative estimate of drug-likeness (QED) is 0.676. The number of likely N-dealkylation sites (tertiary alicyclic amines) is 1. The predicted molar refractivity (Wildman–Crippen MR) is 66.0 cm³/mol. The van der Waals surface area contributed by atoms with Crippen molar-refractivity contribution in [2.24, 2.45) is 5.92 Å². The summed E-state index contributed by atoms with van der Waals surface area (Å²) in [6.45, 7) is 2.90. The number of rotatable bonds is 3. The molecule has 2 N–H and O–H groups in total. The van der Waals surface area contributed by atoms with Crippen LogP contribution in [0, 0.1) is 5.92 Å². The van der Waals surface area contributed by atoms with Crippen molar-refractivity contribution in [1.82, 2.24) is 15.5 Å². The molecule has 6 nitrogen and oxygen atoms in total. The van der Waals surface area contributed by atoms with Crippen molar-refractivity contribution in [2.75, 3.05) is 39.9 Å². The Balaban J connectivity index is 1.86. The Morgan fingerprint density at radius 3 is 3.06 bits per heavy atom. The monoisotopic (exact) mass is 255 g/mol. The Hall–Kier alpha value is -1.14. The van der Waals surface area contributed by atoms with Crippen LogP contribution in [0.2, 0.25) is 0 Å². The smallest absolute Gasteiger partial charge is 0.241 e. The number of nitrogens with zero attached hydrogens (tertiary/aromatic N) is 1. The molecule has 2 unspecified atom stereocenters. The molecule has 2 rings (SSSR count). The third-order valence-corrected chi connectivity index (χ3v) is 3.54. The molecule has 0 aromatic heterocycles. The molecule has 2 aliphatic heterocycles. The molecule has 2 saturated heterocycles. The molecule has 0 bridgehead atoms. The predicted octanol–water partition coefficient (Wildman–Crippen LogP) is -1.04. The fraction of sp³-hybridized carbons (Fsp3) is 0.833. The number of piperidine rings is 1. The first-order chi connectivity index (χ1) is 8.70. The summed E-state index contributed by atoms with van der Waals surface area (Å²) in [4.78, 5) is 25.2. The van der Waals surface area contributed by atoms with E-state index in [4.69, 9.17) is 4.74 Å². The van der Waals surface area contributed by atoms with Gasteiger partial charge in [-0.25, -0.2) is 0 Å². The number of carbonyl (C=O) groups excluding carboxylic acids is 2. The van der Waals surface area contributed by atoms with Crippen molar-refractivity contribution in [3.05, 3.63) is 0 Å². The number of amides is 2. The third-order valence-electron chi connectivity index (χ3n) is 3.54. The standard InChI is InChI=1S/C12H21N3O3/c1-18-8-9-3-2-4-15(7-9)12(17)10-5-14-11(16)6-13-10/h9-10,13H,2-8H2,1H3,(H,14,16). The van der Waals surface area contributed by atoms with Crippen molar-refractivity contribution in [3.63, 3.8) is 0 Å². The number of hydrogen-bond donors (Lipinski definition) is 2. The lowest BCUT2D eigenvalue weighted by atomic mass is 9.98. The van der Waals surface area contributed by atoms with Gasteiger partial charge < -0.3 is 15.0 Å². The van der Waals surface area contributed by atoms with Crippen LogP contribution in [0.3, 0.4) is 0 Å². The second-order valence-corrected chi connectivity index (χ2v) is 4.99. The summed E-state index contributed by atoms with van der Waals surface area (Å²) >= 11 is 0. The minimum Gasteiger partial charge on any atom is -0.384 e. The van der Waals surface area contributed by atoms with Crippen LogP contribution in [0.25, 0.3) is 0 Å². The zero-order valence-electron chi connectivity index (χ0n) is 10.8. The van der Waals surface area contributed by atoms with Gasteiger partial charge in [-0.05, 0) is 18.8 Å². The van der Waals surface area contributed by atoms with Crippen LogP contribution < -0.4 is 10.6 Å². The van der Waals surface area contributed by atoms with Crippen molar-refractivity contribution < 1.29 is 14.3 Å². The fourth-order valence-corrected chi connectivity index (χ4v) is 2.60. The average Bonchev–Trinajstić information content (AvgIpc) is 2.39.